The first-order chi connectivity index (χ1) is 7.24. The second-order valence-electron chi connectivity index (χ2n) is 4.34. The summed E-state index contributed by atoms with van der Waals surface area (Å²) in [5, 5.41) is 0. The van der Waals surface area contributed by atoms with Crippen LogP contribution in [0.1, 0.15) is 13.3 Å². The van der Waals surface area contributed by atoms with E-state index < -0.39 is 0 Å². The summed E-state index contributed by atoms with van der Waals surface area (Å²) >= 11 is 0. The van der Waals surface area contributed by atoms with Crippen LogP contribution in [0, 0.1) is 5.92 Å². The van der Waals surface area contributed by atoms with Crippen molar-refractivity contribution in [1.82, 2.24) is 4.90 Å². The van der Waals surface area contributed by atoms with Crippen LogP contribution in [0.4, 0.5) is 0 Å². The average Bonchev–Trinajstić information content (AvgIpc) is 2.23. The quantitative estimate of drug-likeness (QED) is 0.709. The first kappa shape index (κ1) is 16.1. The standard InChI is InChI=1S/C11H24N2O2.ClH/c1-10-9-13(4-3-11(10)12)5-6-15-8-7-14-2;/h10-11H,3-9,12H2,1-2H3;1H. The van der Waals surface area contributed by atoms with Crippen LogP contribution in [-0.2, 0) is 9.47 Å². The molecule has 0 radical (unpaired) electrons. The van der Waals surface area contributed by atoms with E-state index in [1.165, 1.54) is 0 Å². The highest BCUT2D eigenvalue weighted by atomic mass is 35.5. The molecular formula is C11H25ClN2O2. The van der Waals surface area contributed by atoms with Crippen LogP contribution in [0.25, 0.3) is 0 Å². The number of hydrogen-bond donors (Lipinski definition) is 1. The van der Waals surface area contributed by atoms with Crippen LogP contribution < -0.4 is 5.73 Å². The molecule has 1 saturated heterocycles. The van der Waals surface area contributed by atoms with Gasteiger partial charge in [0, 0.05) is 26.2 Å². The Balaban J connectivity index is 0.00000225. The molecule has 1 rings (SSSR count). The van der Waals surface area contributed by atoms with E-state index in [1.807, 2.05) is 0 Å². The van der Waals surface area contributed by atoms with Gasteiger partial charge in [-0.3, -0.25) is 0 Å². The molecule has 2 unspecified atom stereocenters. The maximum absolute atomic E-state index is 5.96. The Bertz CT molecular complexity index is 172. The molecule has 1 heterocycles. The molecule has 4 nitrogen and oxygen atoms in total. The number of hydrogen-bond acceptors (Lipinski definition) is 4. The average molecular weight is 253 g/mol. The third-order valence-corrected chi connectivity index (χ3v) is 3.04. The molecule has 0 aromatic heterocycles. The molecule has 1 aliphatic rings. The van der Waals surface area contributed by atoms with E-state index in [0.717, 1.165) is 32.7 Å². The Labute approximate surface area is 105 Å². The van der Waals surface area contributed by atoms with Gasteiger partial charge in [-0.15, -0.1) is 12.4 Å². The summed E-state index contributed by atoms with van der Waals surface area (Å²) in [5.74, 6) is 0.609. The highest BCUT2D eigenvalue weighted by Gasteiger charge is 2.22. The Morgan fingerprint density at radius 1 is 1.31 bits per heavy atom. The fourth-order valence-corrected chi connectivity index (χ4v) is 1.89. The van der Waals surface area contributed by atoms with Gasteiger partial charge >= 0.3 is 0 Å². The minimum absolute atomic E-state index is 0. The van der Waals surface area contributed by atoms with Crippen molar-refractivity contribution in [2.75, 3.05) is 46.6 Å². The molecule has 0 aromatic rings. The number of nitrogens with two attached hydrogens (primary N) is 1. The summed E-state index contributed by atoms with van der Waals surface area (Å²) < 4.78 is 10.4. The molecule has 0 aliphatic carbocycles. The van der Waals surface area contributed by atoms with Crippen molar-refractivity contribution in [3.63, 3.8) is 0 Å². The molecule has 0 saturated carbocycles. The zero-order valence-electron chi connectivity index (χ0n) is 10.4. The summed E-state index contributed by atoms with van der Waals surface area (Å²) in [4.78, 5) is 2.43. The number of nitrogens with zero attached hydrogens (tertiary/aromatic N) is 1. The van der Waals surface area contributed by atoms with E-state index in [1.54, 1.807) is 7.11 Å². The van der Waals surface area contributed by atoms with E-state index in [-0.39, 0.29) is 12.4 Å². The van der Waals surface area contributed by atoms with Crippen LogP contribution in [0.3, 0.4) is 0 Å². The van der Waals surface area contributed by atoms with Crippen LogP contribution in [0.2, 0.25) is 0 Å². The first-order valence-electron chi connectivity index (χ1n) is 5.78. The molecule has 1 fully saturated rings. The fraction of sp³-hybridized carbons (Fsp3) is 1.00. The predicted octanol–water partition coefficient (Wildman–Crippen LogP) is 0.740. The zero-order valence-corrected chi connectivity index (χ0v) is 11.2. The molecule has 0 amide bonds. The third kappa shape index (κ3) is 6.01. The summed E-state index contributed by atoms with van der Waals surface area (Å²) in [7, 11) is 1.69. The lowest BCUT2D eigenvalue weighted by atomic mass is 9.95. The molecule has 16 heavy (non-hydrogen) atoms. The lowest BCUT2D eigenvalue weighted by Crippen LogP contribution is -2.46. The fourth-order valence-electron chi connectivity index (χ4n) is 1.89. The summed E-state index contributed by atoms with van der Waals surface area (Å²) in [6.07, 6.45) is 1.11. The van der Waals surface area contributed by atoms with Crippen molar-refractivity contribution >= 4 is 12.4 Å². The number of rotatable bonds is 6. The van der Waals surface area contributed by atoms with Gasteiger partial charge in [-0.2, -0.15) is 0 Å². The summed E-state index contributed by atoms with van der Waals surface area (Å²) in [6.45, 7) is 7.63. The van der Waals surface area contributed by atoms with Crippen molar-refractivity contribution in [3.05, 3.63) is 0 Å². The summed E-state index contributed by atoms with van der Waals surface area (Å²) in [5.41, 5.74) is 5.96. The van der Waals surface area contributed by atoms with Crippen molar-refractivity contribution in [2.45, 2.75) is 19.4 Å². The largest absolute Gasteiger partial charge is 0.382 e. The number of likely N-dealkylation sites (tertiary alicyclic amines) is 1. The van der Waals surface area contributed by atoms with Crippen LogP contribution >= 0.6 is 12.4 Å². The van der Waals surface area contributed by atoms with E-state index in [4.69, 9.17) is 15.2 Å². The van der Waals surface area contributed by atoms with Crippen molar-refractivity contribution < 1.29 is 9.47 Å². The molecule has 2 N–H and O–H groups in total. The molecule has 0 bridgehead atoms. The van der Waals surface area contributed by atoms with E-state index in [9.17, 15) is 0 Å². The Morgan fingerprint density at radius 3 is 2.69 bits per heavy atom. The minimum atomic E-state index is 0. The van der Waals surface area contributed by atoms with Gasteiger partial charge in [0.25, 0.3) is 0 Å². The van der Waals surface area contributed by atoms with Crippen molar-refractivity contribution in [1.29, 1.82) is 0 Å². The monoisotopic (exact) mass is 252 g/mol. The first-order valence-corrected chi connectivity index (χ1v) is 5.78. The number of piperidine rings is 1. The van der Waals surface area contributed by atoms with Crippen LogP contribution in [-0.4, -0.2) is 57.5 Å². The van der Waals surface area contributed by atoms with Gasteiger partial charge in [0.05, 0.1) is 19.8 Å². The minimum Gasteiger partial charge on any atom is -0.382 e. The molecule has 2 atom stereocenters. The number of halogens is 1. The van der Waals surface area contributed by atoms with E-state index in [0.29, 0.717) is 25.2 Å². The summed E-state index contributed by atoms with van der Waals surface area (Å²) in [6, 6.07) is 0.385. The highest BCUT2D eigenvalue weighted by Crippen LogP contribution is 2.14. The lowest BCUT2D eigenvalue weighted by molar-refractivity contribution is 0.0484. The maximum atomic E-state index is 5.96. The molecule has 98 valence electrons. The topological polar surface area (TPSA) is 47.7 Å². The number of methoxy groups -OCH3 is 1. The van der Waals surface area contributed by atoms with Gasteiger partial charge in [0.1, 0.15) is 0 Å². The third-order valence-electron chi connectivity index (χ3n) is 3.04. The van der Waals surface area contributed by atoms with Crippen molar-refractivity contribution in [3.8, 4) is 0 Å². The molecule has 1 aliphatic heterocycles. The van der Waals surface area contributed by atoms with Crippen LogP contribution in [0.15, 0.2) is 0 Å². The Kier molecular flexibility index (Phi) is 9.26. The smallest absolute Gasteiger partial charge is 0.0700 e. The zero-order chi connectivity index (χ0) is 11.1. The molecule has 0 spiro atoms. The van der Waals surface area contributed by atoms with Gasteiger partial charge in [-0.1, -0.05) is 6.92 Å². The lowest BCUT2D eigenvalue weighted by Gasteiger charge is -2.34. The van der Waals surface area contributed by atoms with Gasteiger partial charge < -0.3 is 20.1 Å². The van der Waals surface area contributed by atoms with Gasteiger partial charge in [0.15, 0.2) is 0 Å². The molecular weight excluding hydrogens is 228 g/mol. The number of ether oxygens (including phenoxy) is 2. The van der Waals surface area contributed by atoms with Gasteiger partial charge in [0.2, 0.25) is 0 Å². The highest BCUT2D eigenvalue weighted by molar-refractivity contribution is 5.85. The van der Waals surface area contributed by atoms with Crippen LogP contribution in [0.5, 0.6) is 0 Å². The van der Waals surface area contributed by atoms with Crippen molar-refractivity contribution in [2.24, 2.45) is 11.7 Å². The predicted molar refractivity (Wildman–Crippen MR) is 68.1 cm³/mol. The van der Waals surface area contributed by atoms with Gasteiger partial charge in [-0.05, 0) is 18.9 Å². The second-order valence-corrected chi connectivity index (χ2v) is 4.34. The Hall–Kier alpha value is 0.130. The maximum Gasteiger partial charge on any atom is 0.0700 e. The molecule has 5 heteroatoms. The molecule has 0 aromatic carbocycles. The normalized spacial score (nSPS) is 26.4. The second kappa shape index (κ2) is 9.19. The van der Waals surface area contributed by atoms with Gasteiger partial charge in [-0.25, -0.2) is 0 Å². The Morgan fingerprint density at radius 2 is 2.06 bits per heavy atom. The SMILES string of the molecule is COCCOCCN1CCC(N)C(C)C1.Cl. The van der Waals surface area contributed by atoms with E-state index in [2.05, 4.69) is 11.8 Å². The van der Waals surface area contributed by atoms with E-state index >= 15 is 0 Å².